The molecule has 2 heterocycles. The van der Waals surface area contributed by atoms with Crippen molar-refractivity contribution in [2.45, 2.75) is 6.61 Å². The number of nitrogens with two attached hydrogens (primary N) is 1. The van der Waals surface area contributed by atoms with Crippen LogP contribution >= 0.6 is 0 Å². The van der Waals surface area contributed by atoms with Gasteiger partial charge in [0.05, 0.1) is 12.0 Å². The molecule has 96 valence electrons. The molecule has 6 nitrogen and oxygen atoms in total. The van der Waals surface area contributed by atoms with Crippen molar-refractivity contribution in [1.29, 1.82) is 0 Å². The fourth-order valence-electron chi connectivity index (χ4n) is 1.57. The molecule has 0 spiro atoms. The van der Waals surface area contributed by atoms with Gasteiger partial charge in [-0.05, 0) is 24.3 Å². The van der Waals surface area contributed by atoms with Crippen molar-refractivity contribution in [2.24, 2.45) is 0 Å². The summed E-state index contributed by atoms with van der Waals surface area (Å²) in [7, 11) is 0. The first-order valence-corrected chi connectivity index (χ1v) is 5.67. The number of hydrogen-bond acceptors (Lipinski definition) is 6. The first-order valence-electron chi connectivity index (χ1n) is 5.67. The lowest BCUT2D eigenvalue weighted by Gasteiger charge is -2.05. The molecular weight excluding hydrogens is 246 g/mol. The molecule has 0 saturated heterocycles. The van der Waals surface area contributed by atoms with Gasteiger partial charge in [0.15, 0.2) is 12.4 Å². The molecule has 0 saturated carbocycles. The average Bonchev–Trinajstić information content (AvgIpc) is 3.09. The number of nitrogens with zero attached hydrogens (tertiary/aromatic N) is 2. The fraction of sp³-hybridized carbons (Fsp3) is 0.0769. The van der Waals surface area contributed by atoms with Gasteiger partial charge in [0.1, 0.15) is 5.75 Å². The zero-order valence-electron chi connectivity index (χ0n) is 9.95. The van der Waals surface area contributed by atoms with Gasteiger partial charge in [-0.3, -0.25) is 0 Å². The van der Waals surface area contributed by atoms with Crippen molar-refractivity contribution in [1.82, 2.24) is 10.1 Å². The van der Waals surface area contributed by atoms with Gasteiger partial charge in [0, 0.05) is 0 Å². The van der Waals surface area contributed by atoms with Crippen LogP contribution in [0.4, 0.5) is 5.69 Å². The molecule has 0 unspecified atom stereocenters. The molecule has 0 bridgehead atoms. The Balaban J connectivity index is 1.70. The molecule has 1 aromatic carbocycles. The predicted molar refractivity (Wildman–Crippen MR) is 67.2 cm³/mol. The summed E-state index contributed by atoms with van der Waals surface area (Å²) >= 11 is 0. The number of furan rings is 1. The van der Waals surface area contributed by atoms with Gasteiger partial charge in [-0.25, -0.2) is 0 Å². The number of ether oxygens (including phenoxy) is 1. The normalized spacial score (nSPS) is 10.5. The summed E-state index contributed by atoms with van der Waals surface area (Å²) in [4.78, 5) is 4.16. The van der Waals surface area contributed by atoms with Crippen LogP contribution in [0, 0.1) is 0 Å². The summed E-state index contributed by atoms with van der Waals surface area (Å²) < 4.78 is 15.7. The Bertz CT molecular complexity index is 661. The molecule has 2 N–H and O–H groups in total. The van der Waals surface area contributed by atoms with Crippen LogP contribution in [0.3, 0.4) is 0 Å². The van der Waals surface area contributed by atoms with Crippen molar-refractivity contribution in [3.05, 3.63) is 48.5 Å². The van der Waals surface area contributed by atoms with E-state index in [9.17, 15) is 0 Å². The molecule has 0 amide bonds. The summed E-state index contributed by atoms with van der Waals surface area (Å²) in [6.45, 7) is 0.179. The zero-order chi connectivity index (χ0) is 13.1. The average molecular weight is 257 g/mol. The van der Waals surface area contributed by atoms with E-state index < -0.39 is 0 Å². The van der Waals surface area contributed by atoms with Crippen LogP contribution in [0.15, 0.2) is 51.6 Å². The highest BCUT2D eigenvalue weighted by Crippen LogP contribution is 2.21. The third-order valence-electron chi connectivity index (χ3n) is 2.48. The highest BCUT2D eigenvalue weighted by molar-refractivity contribution is 5.51. The van der Waals surface area contributed by atoms with E-state index in [0.29, 0.717) is 28.9 Å². The molecule has 0 aliphatic heterocycles. The highest BCUT2D eigenvalue weighted by Gasteiger charge is 2.11. The van der Waals surface area contributed by atoms with Crippen LogP contribution in [0.2, 0.25) is 0 Å². The molecular formula is C13H11N3O3. The lowest BCUT2D eigenvalue weighted by molar-refractivity contribution is 0.288. The molecule has 3 rings (SSSR count). The molecule has 2 aromatic heterocycles. The Morgan fingerprint density at radius 2 is 2.05 bits per heavy atom. The van der Waals surface area contributed by atoms with Crippen LogP contribution in [0.1, 0.15) is 5.82 Å². The van der Waals surface area contributed by atoms with Crippen LogP contribution in [0.25, 0.3) is 11.7 Å². The van der Waals surface area contributed by atoms with Crippen molar-refractivity contribution < 1.29 is 13.7 Å². The Kier molecular flexibility index (Phi) is 2.89. The van der Waals surface area contributed by atoms with E-state index in [4.69, 9.17) is 19.4 Å². The minimum Gasteiger partial charge on any atom is -0.483 e. The molecule has 0 radical (unpaired) electrons. The number of para-hydroxylation sites is 2. The predicted octanol–water partition coefficient (Wildman–Crippen LogP) is 2.49. The quantitative estimate of drug-likeness (QED) is 0.722. The summed E-state index contributed by atoms with van der Waals surface area (Å²) in [6.07, 6.45) is 1.54. The summed E-state index contributed by atoms with van der Waals surface area (Å²) in [5.41, 5.74) is 6.33. The van der Waals surface area contributed by atoms with Gasteiger partial charge in [-0.1, -0.05) is 17.3 Å². The summed E-state index contributed by atoms with van der Waals surface area (Å²) in [6, 6.07) is 10.7. The number of hydrogen-bond donors (Lipinski definition) is 1. The van der Waals surface area contributed by atoms with Crippen molar-refractivity contribution in [2.75, 3.05) is 5.73 Å². The van der Waals surface area contributed by atoms with E-state index in [-0.39, 0.29) is 6.61 Å². The van der Waals surface area contributed by atoms with E-state index in [0.717, 1.165) is 0 Å². The van der Waals surface area contributed by atoms with Crippen LogP contribution in [-0.2, 0) is 6.61 Å². The van der Waals surface area contributed by atoms with Crippen LogP contribution in [-0.4, -0.2) is 10.1 Å². The molecule has 0 aliphatic rings. The summed E-state index contributed by atoms with van der Waals surface area (Å²) in [5.74, 6) is 1.86. The van der Waals surface area contributed by atoms with Crippen molar-refractivity contribution in [3.63, 3.8) is 0 Å². The van der Waals surface area contributed by atoms with Gasteiger partial charge in [0.25, 0.3) is 5.89 Å². The number of rotatable bonds is 4. The lowest BCUT2D eigenvalue weighted by atomic mass is 10.3. The SMILES string of the molecule is Nc1ccccc1OCc1noc(-c2ccco2)n1. The minimum atomic E-state index is 0.179. The Hall–Kier alpha value is -2.76. The molecule has 6 heteroatoms. The number of nitrogen functional groups attached to an aromatic ring is 1. The van der Waals surface area contributed by atoms with E-state index in [1.807, 2.05) is 12.1 Å². The maximum Gasteiger partial charge on any atom is 0.293 e. The molecule has 3 aromatic rings. The maximum absolute atomic E-state index is 5.76. The molecule has 0 atom stereocenters. The topological polar surface area (TPSA) is 87.3 Å². The largest absolute Gasteiger partial charge is 0.483 e. The van der Waals surface area contributed by atoms with E-state index >= 15 is 0 Å². The Labute approximate surface area is 108 Å². The second kappa shape index (κ2) is 4.85. The smallest absolute Gasteiger partial charge is 0.293 e. The number of benzene rings is 1. The third kappa shape index (κ3) is 2.42. The van der Waals surface area contributed by atoms with Gasteiger partial charge >= 0.3 is 0 Å². The maximum atomic E-state index is 5.76. The lowest BCUT2D eigenvalue weighted by Crippen LogP contribution is -2.00. The molecule has 0 fully saturated rings. The summed E-state index contributed by atoms with van der Waals surface area (Å²) in [5, 5.41) is 3.80. The van der Waals surface area contributed by atoms with Gasteiger partial charge in [-0.2, -0.15) is 4.98 Å². The van der Waals surface area contributed by atoms with Crippen LogP contribution < -0.4 is 10.5 Å². The van der Waals surface area contributed by atoms with Crippen molar-refractivity contribution in [3.8, 4) is 17.4 Å². The first kappa shape index (κ1) is 11.3. The van der Waals surface area contributed by atoms with Crippen LogP contribution in [0.5, 0.6) is 5.75 Å². The molecule has 0 aliphatic carbocycles. The van der Waals surface area contributed by atoms with Gasteiger partial charge < -0.3 is 19.4 Å². The third-order valence-corrected chi connectivity index (χ3v) is 2.48. The number of anilines is 1. The Morgan fingerprint density at radius 1 is 1.16 bits per heavy atom. The standard InChI is InChI=1S/C13H11N3O3/c14-9-4-1-2-5-10(9)18-8-12-15-13(19-16-12)11-6-3-7-17-11/h1-7H,8,14H2. The number of aromatic nitrogens is 2. The Morgan fingerprint density at radius 3 is 2.84 bits per heavy atom. The van der Waals surface area contributed by atoms with E-state index in [1.54, 1.807) is 30.5 Å². The zero-order valence-corrected chi connectivity index (χ0v) is 9.95. The van der Waals surface area contributed by atoms with Crippen molar-refractivity contribution >= 4 is 5.69 Å². The fourth-order valence-corrected chi connectivity index (χ4v) is 1.57. The second-order valence-electron chi connectivity index (χ2n) is 3.82. The first-order chi connectivity index (χ1) is 9.33. The van der Waals surface area contributed by atoms with E-state index in [2.05, 4.69) is 10.1 Å². The highest BCUT2D eigenvalue weighted by atomic mass is 16.5. The van der Waals surface area contributed by atoms with Gasteiger partial charge in [-0.15, -0.1) is 0 Å². The van der Waals surface area contributed by atoms with E-state index in [1.165, 1.54) is 0 Å². The second-order valence-corrected chi connectivity index (χ2v) is 3.82. The van der Waals surface area contributed by atoms with Gasteiger partial charge in [0.2, 0.25) is 5.82 Å². The monoisotopic (exact) mass is 257 g/mol. The molecule has 19 heavy (non-hydrogen) atoms. The minimum absolute atomic E-state index is 0.179.